The summed E-state index contributed by atoms with van der Waals surface area (Å²) >= 11 is 0. The Kier molecular flexibility index (Phi) is 3.90. The number of benzene rings is 1. The van der Waals surface area contributed by atoms with E-state index in [0.717, 1.165) is 25.7 Å². The van der Waals surface area contributed by atoms with Crippen LogP contribution in [0.15, 0.2) is 24.3 Å². The second-order valence-electron chi connectivity index (χ2n) is 5.80. The lowest BCUT2D eigenvalue weighted by Gasteiger charge is -2.18. The lowest BCUT2D eigenvalue weighted by molar-refractivity contribution is -0.132. The van der Waals surface area contributed by atoms with E-state index in [1.165, 1.54) is 12.1 Å². The molecule has 0 unspecified atom stereocenters. The normalized spacial score (nSPS) is 22.8. The number of anilines is 1. The van der Waals surface area contributed by atoms with Crippen LogP contribution in [0.5, 0.6) is 0 Å². The smallest absolute Gasteiger partial charge is 0.239 e. The van der Waals surface area contributed by atoms with Crippen LogP contribution in [0.4, 0.5) is 10.1 Å². The second kappa shape index (κ2) is 5.84. The molecule has 2 amide bonds. The number of amides is 2. The molecule has 21 heavy (non-hydrogen) atoms. The van der Waals surface area contributed by atoms with E-state index < -0.39 is 5.92 Å². The van der Waals surface area contributed by atoms with Crippen LogP contribution in [0.25, 0.3) is 0 Å². The van der Waals surface area contributed by atoms with E-state index in [2.05, 4.69) is 5.32 Å². The molecule has 1 aromatic carbocycles. The van der Waals surface area contributed by atoms with Gasteiger partial charge in [-0.15, -0.1) is 0 Å². The number of hydrogen-bond donors (Lipinski definition) is 1. The quantitative estimate of drug-likeness (QED) is 0.868. The van der Waals surface area contributed by atoms with Gasteiger partial charge < -0.3 is 10.2 Å². The van der Waals surface area contributed by atoms with Crippen LogP contribution in [-0.4, -0.2) is 24.4 Å². The molecule has 2 fully saturated rings. The van der Waals surface area contributed by atoms with Gasteiger partial charge >= 0.3 is 0 Å². The van der Waals surface area contributed by atoms with E-state index in [1.54, 1.807) is 17.0 Å². The number of carbonyl (C=O) groups is 2. The molecule has 1 saturated carbocycles. The van der Waals surface area contributed by atoms with Crippen LogP contribution in [0.1, 0.15) is 32.1 Å². The van der Waals surface area contributed by atoms with Gasteiger partial charge in [0, 0.05) is 18.3 Å². The lowest BCUT2D eigenvalue weighted by Crippen LogP contribution is -2.40. The number of nitrogens with one attached hydrogen (secondary N) is 1. The summed E-state index contributed by atoms with van der Waals surface area (Å²) in [6.45, 7) is 0.507. The molecular formula is C16H19FN2O2. The van der Waals surface area contributed by atoms with Crippen molar-refractivity contribution in [2.75, 3.05) is 11.4 Å². The zero-order chi connectivity index (χ0) is 14.8. The van der Waals surface area contributed by atoms with Gasteiger partial charge in [0.05, 0.1) is 0 Å². The van der Waals surface area contributed by atoms with Crippen molar-refractivity contribution in [3.05, 3.63) is 30.1 Å². The zero-order valence-corrected chi connectivity index (χ0v) is 11.8. The van der Waals surface area contributed by atoms with Crippen molar-refractivity contribution in [2.45, 2.75) is 38.1 Å². The minimum absolute atomic E-state index is 0.156. The van der Waals surface area contributed by atoms with Crippen molar-refractivity contribution in [3.8, 4) is 0 Å². The molecule has 1 N–H and O–H groups in total. The van der Waals surface area contributed by atoms with E-state index in [0.29, 0.717) is 18.7 Å². The third-order valence-corrected chi connectivity index (χ3v) is 4.36. The van der Waals surface area contributed by atoms with E-state index in [1.807, 2.05) is 0 Å². The Bertz CT molecular complexity index is 538. The largest absolute Gasteiger partial charge is 0.353 e. The highest BCUT2D eigenvalue weighted by Crippen LogP contribution is 2.26. The van der Waals surface area contributed by atoms with E-state index >= 15 is 0 Å². The third kappa shape index (κ3) is 2.91. The summed E-state index contributed by atoms with van der Waals surface area (Å²) in [5.41, 5.74) is 0.651. The number of hydrogen-bond acceptors (Lipinski definition) is 2. The van der Waals surface area contributed by atoms with E-state index in [-0.39, 0.29) is 23.7 Å². The first-order valence-corrected chi connectivity index (χ1v) is 7.52. The molecule has 3 rings (SSSR count). The molecule has 1 aliphatic carbocycles. The SMILES string of the molecule is O=C(NC1CCCC1)[C@H]1CCN(c2ccc(F)cc2)C1=O. The van der Waals surface area contributed by atoms with Crippen molar-refractivity contribution >= 4 is 17.5 Å². The first kappa shape index (κ1) is 14.0. The summed E-state index contributed by atoms with van der Waals surface area (Å²) in [6, 6.07) is 6.03. The Hall–Kier alpha value is -1.91. The van der Waals surface area contributed by atoms with Gasteiger partial charge in [-0.05, 0) is 43.5 Å². The van der Waals surface area contributed by atoms with Crippen LogP contribution in [-0.2, 0) is 9.59 Å². The van der Waals surface area contributed by atoms with Gasteiger partial charge in [-0.2, -0.15) is 0 Å². The zero-order valence-electron chi connectivity index (χ0n) is 11.8. The molecule has 1 aromatic rings. The maximum absolute atomic E-state index is 12.9. The number of halogens is 1. The highest BCUT2D eigenvalue weighted by Gasteiger charge is 2.38. The van der Waals surface area contributed by atoms with Crippen LogP contribution >= 0.6 is 0 Å². The maximum atomic E-state index is 12.9. The van der Waals surface area contributed by atoms with Gasteiger partial charge in [0.25, 0.3) is 0 Å². The molecule has 0 bridgehead atoms. The lowest BCUT2D eigenvalue weighted by atomic mass is 10.1. The predicted octanol–water partition coefficient (Wildman–Crippen LogP) is 2.24. The summed E-state index contributed by atoms with van der Waals surface area (Å²) in [5, 5.41) is 2.99. The highest BCUT2D eigenvalue weighted by atomic mass is 19.1. The van der Waals surface area contributed by atoms with Crippen molar-refractivity contribution in [2.24, 2.45) is 5.92 Å². The highest BCUT2D eigenvalue weighted by molar-refractivity contribution is 6.09. The van der Waals surface area contributed by atoms with Crippen molar-refractivity contribution in [3.63, 3.8) is 0 Å². The molecular weight excluding hydrogens is 271 g/mol. The Balaban J connectivity index is 1.65. The average molecular weight is 290 g/mol. The maximum Gasteiger partial charge on any atom is 0.239 e. The standard InChI is InChI=1S/C16H19FN2O2/c17-11-5-7-13(8-6-11)19-10-9-14(16(19)21)15(20)18-12-3-1-2-4-12/h5-8,12,14H,1-4,9-10H2,(H,18,20)/t14-/m1/s1. The molecule has 5 heteroatoms. The van der Waals surface area contributed by atoms with Gasteiger partial charge in [0.2, 0.25) is 11.8 Å². The average Bonchev–Trinajstić information content (AvgIpc) is 3.09. The third-order valence-electron chi connectivity index (χ3n) is 4.36. The van der Waals surface area contributed by atoms with E-state index in [9.17, 15) is 14.0 Å². The minimum Gasteiger partial charge on any atom is -0.353 e. The first-order valence-electron chi connectivity index (χ1n) is 7.52. The molecule has 112 valence electrons. The first-order chi connectivity index (χ1) is 10.1. The van der Waals surface area contributed by atoms with E-state index in [4.69, 9.17) is 0 Å². The Morgan fingerprint density at radius 1 is 1.14 bits per heavy atom. The molecule has 0 aromatic heterocycles. The fourth-order valence-electron chi connectivity index (χ4n) is 3.17. The molecule has 4 nitrogen and oxygen atoms in total. The van der Waals surface area contributed by atoms with Crippen LogP contribution in [0.3, 0.4) is 0 Å². The van der Waals surface area contributed by atoms with Crippen LogP contribution in [0.2, 0.25) is 0 Å². The summed E-state index contributed by atoms with van der Waals surface area (Å²) in [4.78, 5) is 26.2. The summed E-state index contributed by atoms with van der Waals surface area (Å²) in [6.07, 6.45) is 4.83. The molecule has 0 spiro atoms. The van der Waals surface area contributed by atoms with Crippen molar-refractivity contribution in [1.29, 1.82) is 0 Å². The number of rotatable bonds is 3. The Labute approximate surface area is 123 Å². The number of carbonyl (C=O) groups excluding carboxylic acids is 2. The number of nitrogens with zero attached hydrogens (tertiary/aromatic N) is 1. The molecule has 1 aliphatic heterocycles. The van der Waals surface area contributed by atoms with Gasteiger partial charge in [-0.1, -0.05) is 12.8 Å². The van der Waals surface area contributed by atoms with Crippen LogP contribution in [0, 0.1) is 11.7 Å². The van der Waals surface area contributed by atoms with Gasteiger partial charge in [-0.25, -0.2) is 4.39 Å². The predicted molar refractivity (Wildman–Crippen MR) is 77.3 cm³/mol. The minimum atomic E-state index is -0.601. The van der Waals surface area contributed by atoms with Crippen molar-refractivity contribution in [1.82, 2.24) is 5.32 Å². The molecule has 1 heterocycles. The van der Waals surface area contributed by atoms with Crippen molar-refractivity contribution < 1.29 is 14.0 Å². The summed E-state index contributed by atoms with van der Waals surface area (Å²) < 4.78 is 12.9. The van der Waals surface area contributed by atoms with Gasteiger partial charge in [0.1, 0.15) is 11.7 Å². The fraction of sp³-hybridized carbons (Fsp3) is 0.500. The van der Waals surface area contributed by atoms with Crippen LogP contribution < -0.4 is 10.2 Å². The summed E-state index contributed by atoms with van der Waals surface area (Å²) in [7, 11) is 0. The van der Waals surface area contributed by atoms with Gasteiger partial charge in [0.15, 0.2) is 0 Å². The second-order valence-corrected chi connectivity index (χ2v) is 5.80. The Morgan fingerprint density at radius 3 is 2.48 bits per heavy atom. The summed E-state index contributed by atoms with van der Waals surface area (Å²) in [5.74, 6) is -1.27. The topological polar surface area (TPSA) is 49.4 Å². The van der Waals surface area contributed by atoms with Gasteiger partial charge in [-0.3, -0.25) is 9.59 Å². The Morgan fingerprint density at radius 2 is 1.81 bits per heavy atom. The molecule has 1 saturated heterocycles. The molecule has 1 atom stereocenters. The fourth-order valence-corrected chi connectivity index (χ4v) is 3.17. The molecule has 2 aliphatic rings. The monoisotopic (exact) mass is 290 g/mol. The molecule has 0 radical (unpaired) electrons.